The Labute approximate surface area is 186 Å². The van der Waals surface area contributed by atoms with Crippen LogP contribution < -0.4 is 10.2 Å². The number of hydrogen-bond acceptors (Lipinski definition) is 5. The average Bonchev–Trinajstić information content (AvgIpc) is 3.15. The second-order valence-electron chi connectivity index (χ2n) is 8.14. The van der Waals surface area contributed by atoms with Crippen molar-refractivity contribution in [1.29, 1.82) is 0 Å². The topological polar surface area (TPSA) is 65.7 Å². The Kier molecular flexibility index (Phi) is 6.58. The van der Waals surface area contributed by atoms with E-state index < -0.39 is 0 Å². The van der Waals surface area contributed by atoms with Crippen LogP contribution in [0.25, 0.3) is 5.65 Å². The summed E-state index contributed by atoms with van der Waals surface area (Å²) < 4.78 is 2.71. The van der Waals surface area contributed by atoms with Crippen LogP contribution in [0.4, 0.5) is 17.3 Å². The Bertz CT molecular complexity index is 985. The summed E-state index contributed by atoms with van der Waals surface area (Å²) in [5, 5.41) is 17.5. The van der Waals surface area contributed by atoms with Gasteiger partial charge in [-0.3, -0.25) is 0 Å². The molecule has 3 heterocycles. The fourth-order valence-electron chi connectivity index (χ4n) is 4.19. The fraction of sp³-hybridized carbons (Fsp3) is 0.478. The number of halogens is 1. The van der Waals surface area contributed by atoms with Gasteiger partial charge in [-0.15, -0.1) is 0 Å². The number of fused-ring (bicyclic) bond motifs is 1. The van der Waals surface area contributed by atoms with Gasteiger partial charge in [-0.05, 0) is 71.6 Å². The molecule has 2 aromatic heterocycles. The van der Waals surface area contributed by atoms with Crippen molar-refractivity contribution in [3.05, 3.63) is 46.6 Å². The molecule has 6 nitrogen and oxygen atoms in total. The third-order valence-electron chi connectivity index (χ3n) is 6.16. The van der Waals surface area contributed by atoms with Crippen LogP contribution in [0.1, 0.15) is 57.4 Å². The van der Waals surface area contributed by atoms with Gasteiger partial charge in [0.2, 0.25) is 0 Å². The molecular formula is C23H30BrN5O. The number of rotatable bonds is 7. The molecule has 2 unspecified atom stereocenters. The number of benzene rings is 1. The number of piperidine rings is 1. The molecule has 0 radical (unpaired) electrons. The molecule has 3 aromatic rings. The van der Waals surface area contributed by atoms with Gasteiger partial charge in [0, 0.05) is 30.9 Å². The maximum absolute atomic E-state index is 9.51. The van der Waals surface area contributed by atoms with Crippen molar-refractivity contribution < 1.29 is 5.11 Å². The highest BCUT2D eigenvalue weighted by Gasteiger charge is 2.25. The first-order chi connectivity index (χ1) is 14.6. The van der Waals surface area contributed by atoms with Crippen LogP contribution in [0.2, 0.25) is 0 Å². The Balaban J connectivity index is 1.69. The molecule has 7 heteroatoms. The summed E-state index contributed by atoms with van der Waals surface area (Å²) in [6, 6.07) is 11.0. The first-order valence-corrected chi connectivity index (χ1v) is 11.7. The number of aliphatic hydroxyl groups is 1. The highest BCUT2D eigenvalue weighted by atomic mass is 79.9. The van der Waals surface area contributed by atoms with E-state index in [1.54, 1.807) is 6.20 Å². The maximum atomic E-state index is 9.51. The van der Waals surface area contributed by atoms with E-state index in [9.17, 15) is 5.11 Å². The van der Waals surface area contributed by atoms with Crippen molar-refractivity contribution in [1.82, 2.24) is 14.6 Å². The Morgan fingerprint density at radius 3 is 2.80 bits per heavy atom. The fourth-order valence-corrected chi connectivity index (χ4v) is 4.54. The lowest BCUT2D eigenvalue weighted by atomic mass is 9.99. The van der Waals surface area contributed by atoms with Crippen LogP contribution in [0.15, 0.2) is 41.0 Å². The number of anilines is 3. The van der Waals surface area contributed by atoms with Crippen LogP contribution in [0.5, 0.6) is 0 Å². The van der Waals surface area contributed by atoms with Crippen LogP contribution in [0, 0.1) is 0 Å². The molecule has 0 amide bonds. The molecule has 0 bridgehead atoms. The summed E-state index contributed by atoms with van der Waals surface area (Å²) in [5.74, 6) is 2.37. The van der Waals surface area contributed by atoms with Crippen LogP contribution in [0.3, 0.4) is 0 Å². The smallest absolute Gasteiger partial charge is 0.173 e. The van der Waals surface area contributed by atoms with Gasteiger partial charge in [-0.25, -0.2) is 4.98 Å². The molecular weight excluding hydrogens is 442 g/mol. The summed E-state index contributed by atoms with van der Waals surface area (Å²) in [4.78, 5) is 7.24. The molecule has 1 aliphatic rings. The normalized spacial score (nSPS) is 18.0. The minimum Gasteiger partial charge on any atom is -0.396 e. The third kappa shape index (κ3) is 4.32. The molecule has 30 heavy (non-hydrogen) atoms. The van der Waals surface area contributed by atoms with Gasteiger partial charge in [0.1, 0.15) is 11.6 Å². The van der Waals surface area contributed by atoms with E-state index in [0.29, 0.717) is 12.0 Å². The first-order valence-electron chi connectivity index (χ1n) is 10.9. The molecule has 1 fully saturated rings. The number of nitrogens with zero attached hydrogens (tertiary/aromatic N) is 4. The van der Waals surface area contributed by atoms with E-state index in [1.807, 2.05) is 4.52 Å². The standard InChI is InChI=1S/C23H30BrN5O/c1-3-16(2)17-7-9-18(10-8-17)26-22-14-21(27-23-20(24)15-25-29(22)23)28-12-5-4-6-19(28)11-13-30/h7-10,14-16,19,26,30H,3-6,11-13H2,1-2H3. The molecule has 1 aliphatic heterocycles. The summed E-state index contributed by atoms with van der Waals surface area (Å²) in [6.45, 7) is 5.63. The van der Waals surface area contributed by atoms with E-state index in [1.165, 1.54) is 12.0 Å². The Morgan fingerprint density at radius 2 is 2.07 bits per heavy atom. The zero-order chi connectivity index (χ0) is 21.1. The van der Waals surface area contributed by atoms with Crippen molar-refractivity contribution in [2.75, 3.05) is 23.4 Å². The number of aliphatic hydroxyl groups excluding tert-OH is 1. The van der Waals surface area contributed by atoms with E-state index in [-0.39, 0.29) is 6.61 Å². The van der Waals surface area contributed by atoms with Gasteiger partial charge in [0.05, 0.1) is 10.7 Å². The summed E-state index contributed by atoms with van der Waals surface area (Å²) in [6.07, 6.45) is 7.13. The monoisotopic (exact) mass is 471 g/mol. The molecule has 1 saturated heterocycles. The number of aromatic nitrogens is 3. The predicted molar refractivity (Wildman–Crippen MR) is 126 cm³/mol. The molecule has 1 aromatic carbocycles. The largest absolute Gasteiger partial charge is 0.396 e. The Morgan fingerprint density at radius 1 is 1.27 bits per heavy atom. The minimum atomic E-state index is 0.202. The maximum Gasteiger partial charge on any atom is 0.173 e. The lowest BCUT2D eigenvalue weighted by Gasteiger charge is -2.36. The molecule has 4 rings (SSSR count). The van der Waals surface area contributed by atoms with Crippen molar-refractivity contribution in [2.24, 2.45) is 0 Å². The molecule has 0 spiro atoms. The highest BCUT2D eigenvalue weighted by Crippen LogP contribution is 2.31. The van der Waals surface area contributed by atoms with Crippen molar-refractivity contribution in [3.8, 4) is 0 Å². The highest BCUT2D eigenvalue weighted by molar-refractivity contribution is 9.10. The van der Waals surface area contributed by atoms with E-state index in [4.69, 9.17) is 4.98 Å². The van der Waals surface area contributed by atoms with Gasteiger partial charge in [-0.2, -0.15) is 9.61 Å². The third-order valence-corrected chi connectivity index (χ3v) is 6.72. The Hall–Kier alpha value is -2.12. The lowest BCUT2D eigenvalue weighted by molar-refractivity contribution is 0.262. The van der Waals surface area contributed by atoms with Crippen LogP contribution in [-0.2, 0) is 0 Å². The molecule has 160 valence electrons. The zero-order valence-electron chi connectivity index (χ0n) is 17.7. The number of hydrogen-bond donors (Lipinski definition) is 2. The summed E-state index contributed by atoms with van der Waals surface area (Å²) in [7, 11) is 0. The molecule has 2 atom stereocenters. The van der Waals surface area contributed by atoms with Gasteiger partial charge in [0.25, 0.3) is 0 Å². The SMILES string of the molecule is CCC(C)c1ccc(Nc2cc(N3CCCCC3CCO)nc3c(Br)cnn23)cc1. The number of nitrogens with one attached hydrogen (secondary N) is 1. The minimum absolute atomic E-state index is 0.202. The van der Waals surface area contributed by atoms with Crippen LogP contribution >= 0.6 is 15.9 Å². The van der Waals surface area contributed by atoms with Gasteiger partial charge in [-0.1, -0.05) is 26.0 Å². The van der Waals surface area contributed by atoms with E-state index >= 15 is 0 Å². The quantitative estimate of drug-likeness (QED) is 0.476. The van der Waals surface area contributed by atoms with Gasteiger partial charge < -0.3 is 15.3 Å². The average molecular weight is 472 g/mol. The van der Waals surface area contributed by atoms with Gasteiger partial charge in [0.15, 0.2) is 5.65 Å². The second-order valence-corrected chi connectivity index (χ2v) is 8.99. The van der Waals surface area contributed by atoms with Crippen LogP contribution in [-0.4, -0.2) is 38.9 Å². The van der Waals surface area contributed by atoms with Crippen molar-refractivity contribution in [2.45, 2.75) is 57.9 Å². The van der Waals surface area contributed by atoms with Crippen molar-refractivity contribution >= 4 is 38.9 Å². The molecule has 0 aliphatic carbocycles. The second kappa shape index (κ2) is 9.35. The first kappa shape index (κ1) is 21.1. The molecule has 0 saturated carbocycles. The van der Waals surface area contributed by atoms with Crippen molar-refractivity contribution in [3.63, 3.8) is 0 Å². The summed E-state index contributed by atoms with van der Waals surface area (Å²) >= 11 is 3.59. The summed E-state index contributed by atoms with van der Waals surface area (Å²) in [5.41, 5.74) is 3.17. The zero-order valence-corrected chi connectivity index (χ0v) is 19.3. The van der Waals surface area contributed by atoms with Gasteiger partial charge >= 0.3 is 0 Å². The lowest BCUT2D eigenvalue weighted by Crippen LogP contribution is -2.40. The predicted octanol–water partition coefficient (Wildman–Crippen LogP) is 5.49. The molecule has 2 N–H and O–H groups in total. The van der Waals surface area contributed by atoms with E-state index in [2.05, 4.69) is 75.4 Å². The van der Waals surface area contributed by atoms with E-state index in [0.717, 1.165) is 59.7 Å².